The maximum atomic E-state index is 13.0. The zero-order chi connectivity index (χ0) is 15.3. The molecule has 0 spiro atoms. The lowest BCUT2D eigenvalue weighted by atomic mass is 9.90. The molecule has 0 aromatic carbocycles. The number of hydrogen-bond acceptors (Lipinski definition) is 2. The van der Waals surface area contributed by atoms with Crippen molar-refractivity contribution in [2.75, 3.05) is 13.1 Å². The Morgan fingerprint density at radius 3 is 2.15 bits per heavy atom. The highest BCUT2D eigenvalue weighted by atomic mass is 19.3. The second kappa shape index (κ2) is 4.55. The zero-order valence-electron chi connectivity index (χ0n) is 13.3. The van der Waals surface area contributed by atoms with Gasteiger partial charge in [-0.15, -0.1) is 0 Å². The average Bonchev–Trinajstić information content (AvgIpc) is 2.55. The maximum Gasteiger partial charge on any atom is 0.272 e. The molecule has 0 saturated carbocycles. The smallest absolute Gasteiger partial charge is 0.272 e. The van der Waals surface area contributed by atoms with Crippen LogP contribution >= 0.6 is 0 Å². The van der Waals surface area contributed by atoms with Crippen LogP contribution in [-0.4, -0.2) is 29.5 Å². The fraction of sp³-hybridized carbons (Fsp3) is 0.750. The topological polar surface area (TPSA) is 16.4 Å². The van der Waals surface area contributed by atoms with E-state index in [9.17, 15) is 8.78 Å². The van der Waals surface area contributed by atoms with E-state index in [1.165, 1.54) is 0 Å². The fourth-order valence-corrected chi connectivity index (χ4v) is 2.51. The molecule has 0 atom stereocenters. The molecule has 1 aliphatic heterocycles. The minimum Gasteiger partial charge on any atom is -0.465 e. The third-order valence-corrected chi connectivity index (χ3v) is 4.05. The Kier molecular flexibility index (Phi) is 3.52. The van der Waals surface area contributed by atoms with Crippen molar-refractivity contribution in [1.29, 1.82) is 0 Å². The van der Waals surface area contributed by atoms with Gasteiger partial charge < -0.3 is 4.42 Å². The molecular weight excluding hydrogens is 260 g/mol. The van der Waals surface area contributed by atoms with E-state index >= 15 is 0 Å². The van der Waals surface area contributed by atoms with Crippen LogP contribution in [0.1, 0.15) is 51.7 Å². The molecule has 1 aliphatic rings. The normalized spacial score (nSPS) is 20.0. The van der Waals surface area contributed by atoms with Crippen LogP contribution in [0.3, 0.4) is 0 Å². The third kappa shape index (κ3) is 3.05. The highest BCUT2D eigenvalue weighted by molar-refractivity contribution is 5.25. The quantitative estimate of drug-likeness (QED) is 0.829. The van der Waals surface area contributed by atoms with Gasteiger partial charge in [-0.25, -0.2) is 8.78 Å². The van der Waals surface area contributed by atoms with Gasteiger partial charge in [0.2, 0.25) is 0 Å². The van der Waals surface area contributed by atoms with E-state index in [2.05, 4.69) is 26.8 Å². The largest absolute Gasteiger partial charge is 0.465 e. The van der Waals surface area contributed by atoms with Crippen molar-refractivity contribution < 1.29 is 13.2 Å². The SMILES string of the molecule is Cc1cc(C(C)(C)C)oc1CC(C)(C)N1CC(F)(F)C1. The van der Waals surface area contributed by atoms with Crippen molar-refractivity contribution in [2.45, 2.75) is 64.8 Å². The predicted octanol–water partition coefficient (Wildman–Crippen LogP) is 4.16. The Labute approximate surface area is 120 Å². The molecule has 1 fully saturated rings. The monoisotopic (exact) mass is 285 g/mol. The minimum atomic E-state index is -2.52. The number of rotatable bonds is 3. The van der Waals surface area contributed by atoms with Gasteiger partial charge in [-0.1, -0.05) is 20.8 Å². The Morgan fingerprint density at radius 2 is 1.75 bits per heavy atom. The first kappa shape index (κ1) is 15.5. The molecule has 4 heteroatoms. The number of hydrogen-bond donors (Lipinski definition) is 0. The zero-order valence-corrected chi connectivity index (χ0v) is 13.3. The molecule has 0 amide bonds. The van der Waals surface area contributed by atoms with Crippen LogP contribution in [0.15, 0.2) is 10.5 Å². The fourth-order valence-electron chi connectivity index (χ4n) is 2.51. The van der Waals surface area contributed by atoms with Gasteiger partial charge in [-0.3, -0.25) is 4.90 Å². The number of aryl methyl sites for hydroxylation is 1. The molecule has 2 rings (SSSR count). The first-order chi connectivity index (χ1) is 8.91. The summed E-state index contributed by atoms with van der Waals surface area (Å²) in [5.74, 6) is -0.656. The first-order valence-electron chi connectivity index (χ1n) is 7.13. The second-order valence-corrected chi connectivity index (χ2v) is 7.67. The van der Waals surface area contributed by atoms with Crippen molar-refractivity contribution in [3.05, 3.63) is 23.2 Å². The molecule has 1 saturated heterocycles. The van der Waals surface area contributed by atoms with E-state index in [0.717, 1.165) is 17.1 Å². The van der Waals surface area contributed by atoms with Crippen molar-refractivity contribution in [2.24, 2.45) is 0 Å². The summed E-state index contributed by atoms with van der Waals surface area (Å²) in [5.41, 5.74) is 0.770. The highest BCUT2D eigenvalue weighted by Gasteiger charge is 2.49. The van der Waals surface area contributed by atoms with Crippen LogP contribution in [0.5, 0.6) is 0 Å². The van der Waals surface area contributed by atoms with Gasteiger partial charge in [0.25, 0.3) is 5.92 Å². The lowest BCUT2D eigenvalue weighted by Crippen LogP contribution is -2.64. The Morgan fingerprint density at radius 1 is 1.20 bits per heavy atom. The summed E-state index contributed by atoms with van der Waals surface area (Å²) in [6.45, 7) is 12.1. The van der Waals surface area contributed by atoms with Gasteiger partial charge in [-0.05, 0) is 32.4 Å². The van der Waals surface area contributed by atoms with E-state index in [-0.39, 0.29) is 24.0 Å². The van der Waals surface area contributed by atoms with E-state index in [4.69, 9.17) is 4.42 Å². The number of nitrogens with zero attached hydrogens (tertiary/aromatic N) is 1. The molecule has 0 bridgehead atoms. The van der Waals surface area contributed by atoms with Crippen LogP contribution in [0, 0.1) is 6.92 Å². The van der Waals surface area contributed by atoms with E-state index in [0.29, 0.717) is 6.42 Å². The summed E-state index contributed by atoms with van der Waals surface area (Å²) in [4.78, 5) is 1.83. The third-order valence-electron chi connectivity index (χ3n) is 4.05. The highest BCUT2D eigenvalue weighted by Crippen LogP contribution is 2.36. The minimum absolute atomic E-state index is 0.0308. The Hall–Kier alpha value is -0.900. The molecule has 0 aliphatic carbocycles. The van der Waals surface area contributed by atoms with Crippen molar-refractivity contribution in [3.63, 3.8) is 0 Å². The van der Waals surface area contributed by atoms with Crippen molar-refractivity contribution >= 4 is 0 Å². The molecule has 0 unspecified atom stereocenters. The molecule has 114 valence electrons. The summed E-state index contributed by atoms with van der Waals surface area (Å²) >= 11 is 0. The van der Waals surface area contributed by atoms with Crippen molar-refractivity contribution in [3.8, 4) is 0 Å². The van der Waals surface area contributed by atoms with Gasteiger partial charge in [-0.2, -0.15) is 0 Å². The van der Waals surface area contributed by atoms with Gasteiger partial charge in [0.15, 0.2) is 0 Å². The predicted molar refractivity (Wildman–Crippen MR) is 76.4 cm³/mol. The molecule has 20 heavy (non-hydrogen) atoms. The van der Waals surface area contributed by atoms with E-state index in [1.807, 2.05) is 25.7 Å². The summed E-state index contributed by atoms with van der Waals surface area (Å²) in [6.07, 6.45) is 0.658. The maximum absolute atomic E-state index is 13.0. The second-order valence-electron chi connectivity index (χ2n) is 7.67. The molecule has 0 N–H and O–H groups in total. The standard InChI is InChI=1S/C16H25F2NO/c1-11-7-13(14(2,3)4)20-12(11)8-15(5,6)19-9-16(17,18)10-19/h7H,8-10H2,1-6H3. The molecular formula is C16H25F2NO. The van der Waals surface area contributed by atoms with Gasteiger partial charge in [0.05, 0.1) is 13.1 Å². The van der Waals surface area contributed by atoms with Crippen LogP contribution in [0.25, 0.3) is 0 Å². The van der Waals surface area contributed by atoms with E-state index in [1.54, 1.807) is 0 Å². The molecule has 1 aromatic heterocycles. The van der Waals surface area contributed by atoms with Crippen LogP contribution < -0.4 is 0 Å². The van der Waals surface area contributed by atoms with E-state index < -0.39 is 5.92 Å². The number of halogens is 2. The van der Waals surface area contributed by atoms with Crippen LogP contribution in [-0.2, 0) is 11.8 Å². The number of likely N-dealkylation sites (tertiary alicyclic amines) is 1. The lowest BCUT2D eigenvalue weighted by Gasteiger charge is -2.48. The van der Waals surface area contributed by atoms with Crippen LogP contribution in [0.2, 0.25) is 0 Å². The van der Waals surface area contributed by atoms with Crippen molar-refractivity contribution in [1.82, 2.24) is 4.90 Å². The first-order valence-corrected chi connectivity index (χ1v) is 7.13. The Balaban J connectivity index is 2.12. The number of furan rings is 1. The summed E-state index contributed by atoms with van der Waals surface area (Å²) < 4.78 is 32.0. The summed E-state index contributed by atoms with van der Waals surface area (Å²) in [6, 6.07) is 2.07. The van der Waals surface area contributed by atoms with Gasteiger partial charge in [0.1, 0.15) is 11.5 Å². The summed E-state index contributed by atoms with van der Waals surface area (Å²) in [5, 5.41) is 0. The van der Waals surface area contributed by atoms with Gasteiger partial charge >= 0.3 is 0 Å². The molecule has 1 aromatic rings. The molecule has 2 heterocycles. The molecule has 0 radical (unpaired) electrons. The van der Waals surface area contributed by atoms with Crippen LogP contribution in [0.4, 0.5) is 8.78 Å². The van der Waals surface area contributed by atoms with Gasteiger partial charge in [0, 0.05) is 17.4 Å². The average molecular weight is 285 g/mol. The molecule has 2 nitrogen and oxygen atoms in total. The Bertz CT molecular complexity index is 489. The summed E-state index contributed by atoms with van der Waals surface area (Å²) in [7, 11) is 0. The number of alkyl halides is 2. The lowest BCUT2D eigenvalue weighted by molar-refractivity contribution is -0.164.